The second-order valence-electron chi connectivity index (χ2n) is 4.84. The van der Waals surface area contributed by atoms with Crippen molar-refractivity contribution in [3.8, 4) is 17.2 Å². The molecule has 2 aromatic rings. The van der Waals surface area contributed by atoms with Crippen LogP contribution >= 0.6 is 0 Å². The van der Waals surface area contributed by atoms with Gasteiger partial charge in [0.2, 0.25) is 6.79 Å². The van der Waals surface area contributed by atoms with Crippen molar-refractivity contribution in [3.63, 3.8) is 0 Å². The van der Waals surface area contributed by atoms with E-state index in [1.165, 1.54) is 5.56 Å². The van der Waals surface area contributed by atoms with Gasteiger partial charge in [-0.25, -0.2) is 0 Å². The van der Waals surface area contributed by atoms with Crippen LogP contribution in [0.15, 0.2) is 42.5 Å². The van der Waals surface area contributed by atoms with E-state index in [9.17, 15) is 0 Å². The first-order valence-corrected chi connectivity index (χ1v) is 6.57. The summed E-state index contributed by atoms with van der Waals surface area (Å²) < 4.78 is 16.3. The molecule has 104 valence electrons. The Hall–Kier alpha value is -2.20. The molecule has 1 heterocycles. The van der Waals surface area contributed by atoms with Gasteiger partial charge in [0.15, 0.2) is 11.5 Å². The van der Waals surface area contributed by atoms with Crippen LogP contribution in [0.2, 0.25) is 0 Å². The van der Waals surface area contributed by atoms with Gasteiger partial charge in [0, 0.05) is 0 Å². The molecule has 0 fully saturated rings. The normalized spacial score (nSPS) is 14.1. The Morgan fingerprint density at radius 1 is 1.10 bits per heavy atom. The quantitative estimate of drug-likeness (QED) is 0.929. The van der Waals surface area contributed by atoms with Gasteiger partial charge in [-0.05, 0) is 36.8 Å². The van der Waals surface area contributed by atoms with Gasteiger partial charge in [0.1, 0.15) is 12.4 Å². The van der Waals surface area contributed by atoms with Gasteiger partial charge in [-0.2, -0.15) is 0 Å². The number of benzene rings is 2. The van der Waals surface area contributed by atoms with Crippen LogP contribution in [0.5, 0.6) is 17.2 Å². The van der Waals surface area contributed by atoms with Crippen LogP contribution in [0.4, 0.5) is 0 Å². The van der Waals surface area contributed by atoms with E-state index in [1.54, 1.807) is 0 Å². The van der Waals surface area contributed by atoms with Crippen LogP contribution in [0.1, 0.15) is 17.2 Å². The van der Waals surface area contributed by atoms with Crippen molar-refractivity contribution >= 4 is 0 Å². The van der Waals surface area contributed by atoms with Crippen molar-refractivity contribution in [2.24, 2.45) is 5.73 Å². The maximum absolute atomic E-state index is 6.15. The number of nitrogens with two attached hydrogens (primary N) is 1. The van der Waals surface area contributed by atoms with Crippen LogP contribution in [-0.2, 0) is 0 Å². The van der Waals surface area contributed by atoms with Gasteiger partial charge in [0.25, 0.3) is 0 Å². The van der Waals surface area contributed by atoms with Crippen LogP contribution < -0.4 is 19.9 Å². The lowest BCUT2D eigenvalue weighted by Crippen LogP contribution is -2.18. The van der Waals surface area contributed by atoms with Crippen LogP contribution in [0, 0.1) is 6.92 Å². The molecule has 4 nitrogen and oxygen atoms in total. The highest BCUT2D eigenvalue weighted by Crippen LogP contribution is 2.33. The van der Waals surface area contributed by atoms with Crippen LogP contribution in [0.3, 0.4) is 0 Å². The minimum atomic E-state index is -0.203. The standard InChI is InChI=1S/C16H17NO3/c1-11-2-5-13(6-3-11)18-9-14(17)12-4-7-15-16(8-12)20-10-19-15/h2-8,14H,9-10,17H2,1H3. The number of rotatable bonds is 4. The highest BCUT2D eigenvalue weighted by Gasteiger charge is 2.16. The molecule has 1 atom stereocenters. The summed E-state index contributed by atoms with van der Waals surface area (Å²) in [7, 11) is 0. The van der Waals surface area contributed by atoms with E-state index < -0.39 is 0 Å². The fraction of sp³-hybridized carbons (Fsp3) is 0.250. The smallest absolute Gasteiger partial charge is 0.231 e. The van der Waals surface area contributed by atoms with E-state index in [0.29, 0.717) is 6.61 Å². The zero-order valence-electron chi connectivity index (χ0n) is 11.3. The zero-order chi connectivity index (χ0) is 13.9. The first-order valence-electron chi connectivity index (χ1n) is 6.57. The van der Waals surface area contributed by atoms with Crippen molar-refractivity contribution < 1.29 is 14.2 Å². The molecular weight excluding hydrogens is 254 g/mol. The number of hydrogen-bond donors (Lipinski definition) is 1. The third-order valence-corrected chi connectivity index (χ3v) is 3.28. The summed E-state index contributed by atoms with van der Waals surface area (Å²) >= 11 is 0. The Balaban J connectivity index is 1.64. The summed E-state index contributed by atoms with van der Waals surface area (Å²) in [5.74, 6) is 2.33. The molecule has 1 aliphatic rings. The van der Waals surface area contributed by atoms with E-state index in [1.807, 2.05) is 49.4 Å². The van der Waals surface area contributed by atoms with E-state index in [0.717, 1.165) is 22.8 Å². The molecule has 0 bridgehead atoms. The lowest BCUT2D eigenvalue weighted by Gasteiger charge is -2.14. The van der Waals surface area contributed by atoms with E-state index in [4.69, 9.17) is 19.9 Å². The zero-order valence-corrected chi connectivity index (χ0v) is 11.3. The molecule has 4 heteroatoms. The van der Waals surface area contributed by atoms with Crippen molar-refractivity contribution in [2.45, 2.75) is 13.0 Å². The molecule has 1 unspecified atom stereocenters. The molecular formula is C16H17NO3. The molecule has 1 aliphatic heterocycles. The summed E-state index contributed by atoms with van der Waals surface area (Å²) in [6.07, 6.45) is 0. The lowest BCUT2D eigenvalue weighted by atomic mass is 10.1. The maximum atomic E-state index is 6.15. The van der Waals surface area contributed by atoms with Gasteiger partial charge >= 0.3 is 0 Å². The van der Waals surface area contributed by atoms with Crippen LogP contribution in [-0.4, -0.2) is 13.4 Å². The van der Waals surface area contributed by atoms with Crippen molar-refractivity contribution in [1.82, 2.24) is 0 Å². The average molecular weight is 271 g/mol. The highest BCUT2D eigenvalue weighted by molar-refractivity contribution is 5.45. The molecule has 0 amide bonds. The van der Waals surface area contributed by atoms with Gasteiger partial charge in [-0.3, -0.25) is 0 Å². The van der Waals surface area contributed by atoms with E-state index in [2.05, 4.69) is 0 Å². The fourth-order valence-electron chi connectivity index (χ4n) is 2.06. The van der Waals surface area contributed by atoms with Gasteiger partial charge in [-0.15, -0.1) is 0 Å². The Labute approximate surface area is 118 Å². The number of aryl methyl sites for hydroxylation is 1. The van der Waals surface area contributed by atoms with Gasteiger partial charge in [-0.1, -0.05) is 23.8 Å². The second kappa shape index (κ2) is 5.43. The Morgan fingerprint density at radius 3 is 2.65 bits per heavy atom. The SMILES string of the molecule is Cc1ccc(OCC(N)c2ccc3c(c2)OCO3)cc1. The highest BCUT2D eigenvalue weighted by atomic mass is 16.7. The van der Waals surface area contributed by atoms with E-state index in [-0.39, 0.29) is 12.8 Å². The predicted octanol–water partition coefficient (Wildman–Crippen LogP) is 2.80. The molecule has 20 heavy (non-hydrogen) atoms. The predicted molar refractivity (Wildman–Crippen MR) is 76.2 cm³/mol. The number of hydrogen-bond acceptors (Lipinski definition) is 4. The van der Waals surface area contributed by atoms with Crippen LogP contribution in [0.25, 0.3) is 0 Å². The largest absolute Gasteiger partial charge is 0.492 e. The molecule has 0 aromatic heterocycles. The Bertz CT molecular complexity index is 595. The topological polar surface area (TPSA) is 53.7 Å². The van der Waals surface area contributed by atoms with Crippen molar-refractivity contribution in [3.05, 3.63) is 53.6 Å². The Morgan fingerprint density at radius 2 is 1.85 bits per heavy atom. The van der Waals surface area contributed by atoms with Crippen molar-refractivity contribution in [2.75, 3.05) is 13.4 Å². The third-order valence-electron chi connectivity index (χ3n) is 3.28. The number of fused-ring (bicyclic) bond motifs is 1. The molecule has 0 spiro atoms. The molecule has 0 saturated carbocycles. The average Bonchev–Trinajstić information content (AvgIpc) is 2.93. The van der Waals surface area contributed by atoms with Crippen molar-refractivity contribution in [1.29, 1.82) is 0 Å². The third kappa shape index (κ3) is 2.70. The first kappa shape index (κ1) is 12.8. The first-order chi connectivity index (χ1) is 9.72. The summed E-state index contributed by atoms with van der Waals surface area (Å²) in [4.78, 5) is 0. The minimum absolute atomic E-state index is 0.203. The monoisotopic (exact) mass is 271 g/mol. The summed E-state index contributed by atoms with van der Waals surface area (Å²) in [5, 5.41) is 0. The van der Waals surface area contributed by atoms with E-state index >= 15 is 0 Å². The van der Waals surface area contributed by atoms with Gasteiger partial charge in [0.05, 0.1) is 6.04 Å². The summed E-state index contributed by atoms with van der Waals surface area (Å²) in [6, 6.07) is 13.4. The second-order valence-corrected chi connectivity index (χ2v) is 4.84. The molecule has 2 N–H and O–H groups in total. The Kier molecular flexibility index (Phi) is 3.48. The summed E-state index contributed by atoms with van der Waals surface area (Å²) in [6.45, 7) is 2.73. The summed E-state index contributed by atoms with van der Waals surface area (Å²) in [5.41, 5.74) is 8.32. The molecule has 2 aromatic carbocycles. The molecule has 0 saturated heterocycles. The minimum Gasteiger partial charge on any atom is -0.492 e. The maximum Gasteiger partial charge on any atom is 0.231 e. The molecule has 0 aliphatic carbocycles. The molecule has 0 radical (unpaired) electrons. The lowest BCUT2D eigenvalue weighted by molar-refractivity contribution is 0.174. The fourth-order valence-corrected chi connectivity index (χ4v) is 2.06. The van der Waals surface area contributed by atoms with Gasteiger partial charge < -0.3 is 19.9 Å². The molecule has 3 rings (SSSR count). The number of ether oxygens (including phenoxy) is 3.